The minimum absolute atomic E-state index is 0. The summed E-state index contributed by atoms with van der Waals surface area (Å²) in [5, 5.41) is 35.8. The lowest BCUT2D eigenvalue weighted by Crippen LogP contribution is -2.57. The number of aromatic nitrogens is 6. The summed E-state index contributed by atoms with van der Waals surface area (Å²) in [6.45, 7) is 7.63. The number of anilines is 2. The van der Waals surface area contributed by atoms with Crippen molar-refractivity contribution in [3.63, 3.8) is 0 Å². The monoisotopic (exact) mass is 1050 g/mol. The fourth-order valence-corrected chi connectivity index (χ4v) is 13.8. The predicted octanol–water partition coefficient (Wildman–Crippen LogP) is 12.5. The number of amides is 2. The third-order valence-electron chi connectivity index (χ3n) is 17.1. The normalized spacial score (nSPS) is 22.5. The van der Waals surface area contributed by atoms with Gasteiger partial charge in [-0.25, -0.2) is 9.97 Å². The molecular formula is C63H54N10O6. The van der Waals surface area contributed by atoms with E-state index >= 15 is 0 Å². The molecule has 4 N–H and O–H groups in total. The quantitative estimate of drug-likeness (QED) is 0.0831. The van der Waals surface area contributed by atoms with Gasteiger partial charge in [-0.05, 0) is 72.9 Å². The molecule has 2 unspecified atom stereocenters. The van der Waals surface area contributed by atoms with E-state index in [4.69, 9.17) is 0 Å². The molecule has 16 heteroatoms. The summed E-state index contributed by atoms with van der Waals surface area (Å²) in [5.74, 6) is -0.651. The number of benzene rings is 6. The van der Waals surface area contributed by atoms with Crippen LogP contribution >= 0.6 is 0 Å². The number of aromatic amines is 2. The van der Waals surface area contributed by atoms with E-state index in [2.05, 4.69) is 40.5 Å². The fourth-order valence-electron chi connectivity index (χ4n) is 13.8. The Morgan fingerprint density at radius 2 is 0.987 bits per heavy atom. The topological polar surface area (TPSA) is 228 Å². The number of hydrogen-bond acceptors (Lipinski definition) is 10. The van der Waals surface area contributed by atoms with Gasteiger partial charge in [-0.1, -0.05) is 141 Å². The van der Waals surface area contributed by atoms with Crippen LogP contribution in [0.3, 0.4) is 0 Å². The number of nitrogens with zero attached hydrogens (tertiary/aromatic N) is 6. The lowest BCUT2D eigenvalue weighted by molar-refractivity contribution is -0.573. The largest absolute Gasteiger partial charge is 0.324 e. The van der Waals surface area contributed by atoms with Gasteiger partial charge in [0.1, 0.15) is 0 Å². The van der Waals surface area contributed by atoms with Crippen molar-refractivity contribution in [3.8, 4) is 22.5 Å². The van der Waals surface area contributed by atoms with Crippen LogP contribution in [-0.4, -0.2) is 51.6 Å². The Bertz CT molecular complexity index is 4090. The number of pyridine rings is 2. The van der Waals surface area contributed by atoms with Crippen LogP contribution in [0, 0.1) is 44.9 Å². The number of hydrogen-bond donors (Lipinski definition) is 4. The Morgan fingerprint density at radius 1 is 0.557 bits per heavy atom. The van der Waals surface area contributed by atoms with Crippen LogP contribution in [-0.2, 0) is 20.7 Å². The van der Waals surface area contributed by atoms with Gasteiger partial charge in [0.05, 0.1) is 34.6 Å². The van der Waals surface area contributed by atoms with Gasteiger partial charge in [0.2, 0.25) is 23.7 Å². The van der Waals surface area contributed by atoms with E-state index in [9.17, 15) is 29.8 Å². The van der Waals surface area contributed by atoms with Crippen LogP contribution in [0.2, 0.25) is 0 Å². The van der Waals surface area contributed by atoms with Crippen molar-refractivity contribution < 1.29 is 19.4 Å². The molecule has 10 aromatic rings. The van der Waals surface area contributed by atoms with Gasteiger partial charge in [0, 0.05) is 102 Å². The van der Waals surface area contributed by atoms with Gasteiger partial charge in [-0.3, -0.25) is 50.4 Å². The fraction of sp³-hybridized carbons (Fsp3) is 0.206. The Kier molecular flexibility index (Phi) is 11.6. The molecule has 16 rings (SSSR count). The van der Waals surface area contributed by atoms with E-state index in [0.29, 0.717) is 34.2 Å². The van der Waals surface area contributed by atoms with Crippen molar-refractivity contribution in [2.24, 2.45) is 10.8 Å². The predicted molar refractivity (Wildman–Crippen MR) is 303 cm³/mol. The highest BCUT2D eigenvalue weighted by atomic mass is 16.6. The molecule has 6 aromatic carbocycles. The number of nitro groups is 2. The maximum absolute atomic E-state index is 14.1. The zero-order valence-corrected chi connectivity index (χ0v) is 42.9. The Labute approximate surface area is 454 Å². The molecule has 4 heterocycles. The molecule has 0 radical (unpaired) electrons. The molecule has 0 saturated carbocycles. The number of aryl methyl sites for hydroxylation is 2. The third-order valence-corrected chi connectivity index (χ3v) is 17.1. The second-order valence-corrected chi connectivity index (χ2v) is 21.5. The Hall–Kier alpha value is -9.70. The maximum atomic E-state index is 14.1. The minimum atomic E-state index is -1.50. The number of rotatable bonds is 8. The standard InChI is InChI=1S/C32H27N5O3.C30H23N5O3.CH4/c1-18-15-24-20(19(2)34-18)11-8-12-21(24)27-16-33-30(35-27)36-29(38)31(3)17-32(37(39)40)25-13-6-4-9-22(25)28(31)23-10-5-7-14-26(23)32;1-29(27(36)34-28-32-16-25(33-28)20-10-6-7-18-15-31-14-13-19(18)20)17-30(35(37)38)23-11-4-2-8-21(23)26(29)22-9-3-5-12-24(22)30;/h4-16,28H,17H2,1-3H3,(H2,33,35,36,38);2-16,26H,17H2,1H3,(H2,32,33,34,36);1H4. The number of carbonyl (C=O) groups excluding carboxylic acids is 2. The second kappa shape index (κ2) is 18.2. The summed E-state index contributed by atoms with van der Waals surface area (Å²) in [6.07, 6.45) is 7.04. The lowest BCUT2D eigenvalue weighted by atomic mass is 9.49. The molecule has 16 nitrogen and oxygen atoms in total. The maximum Gasteiger partial charge on any atom is 0.273 e. The minimum Gasteiger partial charge on any atom is -0.324 e. The molecular weight excluding hydrogens is 993 g/mol. The molecule has 4 aromatic heterocycles. The highest BCUT2D eigenvalue weighted by Crippen LogP contribution is 2.65. The molecule has 0 fully saturated rings. The smallest absolute Gasteiger partial charge is 0.273 e. The molecule has 6 aliphatic carbocycles. The van der Waals surface area contributed by atoms with Crippen LogP contribution in [0.5, 0.6) is 0 Å². The zero-order valence-electron chi connectivity index (χ0n) is 42.9. The third kappa shape index (κ3) is 7.26. The first kappa shape index (κ1) is 50.1. The van der Waals surface area contributed by atoms with Gasteiger partial charge < -0.3 is 9.97 Å². The number of carbonyl (C=O) groups is 2. The highest BCUT2D eigenvalue weighted by Gasteiger charge is 2.68. The van der Waals surface area contributed by atoms with Gasteiger partial charge in [-0.2, -0.15) is 0 Å². The first-order valence-electron chi connectivity index (χ1n) is 25.8. The molecule has 79 heavy (non-hydrogen) atoms. The molecule has 6 aliphatic rings. The highest BCUT2D eigenvalue weighted by molar-refractivity contribution is 6.00. The lowest BCUT2D eigenvalue weighted by Gasteiger charge is -2.52. The van der Waals surface area contributed by atoms with E-state index in [1.165, 1.54) is 0 Å². The van der Waals surface area contributed by atoms with Gasteiger partial charge in [0.15, 0.2) is 0 Å². The summed E-state index contributed by atoms with van der Waals surface area (Å²) < 4.78 is 0. The summed E-state index contributed by atoms with van der Waals surface area (Å²) in [7, 11) is 0. The molecule has 0 spiro atoms. The van der Waals surface area contributed by atoms with Gasteiger partial charge in [0.25, 0.3) is 11.1 Å². The summed E-state index contributed by atoms with van der Waals surface area (Å²) in [6, 6.07) is 45.8. The number of imidazole rings is 2. The van der Waals surface area contributed by atoms with E-state index in [-0.39, 0.29) is 53.8 Å². The van der Waals surface area contributed by atoms with E-state index in [1.807, 2.05) is 173 Å². The van der Waals surface area contributed by atoms with Gasteiger partial charge in [-0.15, -0.1) is 0 Å². The van der Waals surface area contributed by atoms with Crippen LogP contribution in [0.15, 0.2) is 170 Å². The molecule has 392 valence electrons. The van der Waals surface area contributed by atoms with Crippen LogP contribution in [0.4, 0.5) is 11.9 Å². The van der Waals surface area contributed by atoms with Crippen molar-refractivity contribution in [3.05, 3.63) is 247 Å². The first-order chi connectivity index (χ1) is 37.7. The second-order valence-electron chi connectivity index (χ2n) is 21.5. The molecule has 2 atom stereocenters. The summed E-state index contributed by atoms with van der Waals surface area (Å²) in [5.41, 5.74) is 6.13. The van der Waals surface area contributed by atoms with Crippen molar-refractivity contribution in [2.45, 2.75) is 70.9 Å². The van der Waals surface area contributed by atoms with Crippen LogP contribution < -0.4 is 10.6 Å². The Balaban J connectivity index is 0.000000156. The molecule has 0 saturated heterocycles. The molecule has 4 bridgehead atoms. The number of H-pyrrole nitrogens is 2. The van der Waals surface area contributed by atoms with E-state index in [1.54, 1.807) is 24.8 Å². The van der Waals surface area contributed by atoms with Crippen LogP contribution in [0.1, 0.15) is 102 Å². The van der Waals surface area contributed by atoms with Crippen molar-refractivity contribution in [2.75, 3.05) is 10.6 Å². The molecule has 0 aliphatic heterocycles. The number of fused-ring (bicyclic) bond motifs is 4. The van der Waals surface area contributed by atoms with Crippen molar-refractivity contribution in [1.82, 2.24) is 29.9 Å². The van der Waals surface area contributed by atoms with E-state index in [0.717, 1.165) is 77.7 Å². The average molecular weight is 1050 g/mol. The zero-order chi connectivity index (χ0) is 53.9. The first-order valence-corrected chi connectivity index (χ1v) is 25.8. The Morgan fingerprint density at radius 3 is 1.44 bits per heavy atom. The molecule has 2 amide bonds. The van der Waals surface area contributed by atoms with E-state index < -0.39 is 21.9 Å². The summed E-state index contributed by atoms with van der Waals surface area (Å²) >= 11 is 0. The van der Waals surface area contributed by atoms with Gasteiger partial charge >= 0.3 is 0 Å². The number of nitrogens with one attached hydrogen (secondary N) is 4. The SMILES string of the molecule is C.CC1(C(=O)Nc2ncc(-c3cccc4cnccc34)[nH]2)CC2([N+](=O)[O-])c3ccccc3C1c1ccccc12.Cc1cc2c(-c3cnc(NC(=O)C4(C)CC5([N+](=O)[O-])c6ccccc6C4c4ccccc45)[nH]3)cccc2c(C)n1. The average Bonchev–Trinajstić information content (AvgIpc) is 2.68. The van der Waals surface area contributed by atoms with Crippen molar-refractivity contribution in [1.29, 1.82) is 0 Å². The van der Waals surface area contributed by atoms with Crippen molar-refractivity contribution >= 4 is 45.3 Å². The summed E-state index contributed by atoms with van der Waals surface area (Å²) in [4.78, 5) is 77.6. The van der Waals surface area contributed by atoms with Crippen LogP contribution in [0.25, 0.3) is 44.1 Å².